The molecular formula is C25H26N6O7S. The molecule has 0 aliphatic carbocycles. The summed E-state index contributed by atoms with van der Waals surface area (Å²) in [6, 6.07) is 11.5. The zero-order valence-corrected chi connectivity index (χ0v) is 22.3. The Morgan fingerprint density at radius 3 is 2.03 bits per heavy atom. The lowest BCUT2D eigenvalue weighted by Crippen LogP contribution is -2.31. The molecule has 0 saturated heterocycles. The number of sulfonamides is 1. The molecule has 0 saturated carbocycles. The van der Waals surface area contributed by atoms with Crippen molar-refractivity contribution in [2.24, 2.45) is 0 Å². The first-order valence-corrected chi connectivity index (χ1v) is 13.3. The number of carbonyl (C=O) groups excluding carboxylic acids is 1. The Morgan fingerprint density at radius 1 is 0.949 bits per heavy atom. The van der Waals surface area contributed by atoms with Crippen molar-refractivity contribution in [3.8, 4) is 40.8 Å². The minimum Gasteiger partial charge on any atom is -0.490 e. The van der Waals surface area contributed by atoms with Crippen molar-refractivity contribution in [3.63, 3.8) is 0 Å². The van der Waals surface area contributed by atoms with Crippen molar-refractivity contribution >= 4 is 21.9 Å². The molecule has 13 nitrogen and oxygen atoms in total. The third-order valence-electron chi connectivity index (χ3n) is 5.05. The minimum atomic E-state index is -4.09. The Hall–Kier alpha value is -4.66. The Balaban J connectivity index is 1.81. The SMILES string of the molecule is CCOc1cc(-c2nnc(NC(=O)c3ccc(S(=O)(=O)N(CC#N)CC#N)cc3)o2)cc(OCC)c1OCC. The number of ether oxygens (including phenoxy) is 3. The molecule has 1 N–H and O–H groups in total. The fraction of sp³-hybridized carbons (Fsp3) is 0.320. The van der Waals surface area contributed by atoms with Crippen LogP contribution in [0.5, 0.6) is 17.2 Å². The third-order valence-corrected chi connectivity index (χ3v) is 6.86. The highest BCUT2D eigenvalue weighted by atomic mass is 32.2. The van der Waals surface area contributed by atoms with Gasteiger partial charge in [-0.15, -0.1) is 5.10 Å². The number of nitrogens with one attached hydrogen (secondary N) is 1. The highest BCUT2D eigenvalue weighted by Gasteiger charge is 2.25. The van der Waals surface area contributed by atoms with Gasteiger partial charge >= 0.3 is 6.01 Å². The molecule has 3 aromatic rings. The Morgan fingerprint density at radius 2 is 1.51 bits per heavy atom. The lowest BCUT2D eigenvalue weighted by molar-refractivity contribution is 0.102. The van der Waals surface area contributed by atoms with Crippen LogP contribution >= 0.6 is 0 Å². The van der Waals surface area contributed by atoms with E-state index in [0.717, 1.165) is 4.31 Å². The van der Waals surface area contributed by atoms with Crippen LogP contribution in [-0.4, -0.2) is 61.7 Å². The largest absolute Gasteiger partial charge is 0.490 e. The zero-order valence-electron chi connectivity index (χ0n) is 21.5. The molecule has 0 bridgehead atoms. The molecule has 0 fully saturated rings. The number of anilines is 1. The first kappa shape index (κ1) is 28.9. The van der Waals surface area contributed by atoms with Crippen LogP contribution in [0.15, 0.2) is 45.7 Å². The van der Waals surface area contributed by atoms with Gasteiger partial charge in [-0.3, -0.25) is 10.1 Å². The van der Waals surface area contributed by atoms with Crippen molar-refractivity contribution in [1.29, 1.82) is 10.5 Å². The van der Waals surface area contributed by atoms with Gasteiger partial charge < -0.3 is 18.6 Å². The van der Waals surface area contributed by atoms with Gasteiger partial charge in [0.2, 0.25) is 21.7 Å². The summed E-state index contributed by atoms with van der Waals surface area (Å²) in [5, 5.41) is 28.0. The quantitative estimate of drug-likeness (QED) is 0.306. The second-order valence-electron chi connectivity index (χ2n) is 7.58. The molecule has 1 amide bonds. The number of benzene rings is 2. The molecule has 1 heterocycles. The van der Waals surface area contributed by atoms with Gasteiger partial charge in [0.05, 0.1) is 36.9 Å². The van der Waals surface area contributed by atoms with Crippen molar-refractivity contribution in [1.82, 2.24) is 14.5 Å². The molecular weight excluding hydrogens is 528 g/mol. The lowest BCUT2D eigenvalue weighted by Gasteiger charge is -2.16. The van der Waals surface area contributed by atoms with Crippen LogP contribution in [0.1, 0.15) is 31.1 Å². The highest BCUT2D eigenvalue weighted by molar-refractivity contribution is 7.89. The highest BCUT2D eigenvalue weighted by Crippen LogP contribution is 2.41. The number of aromatic nitrogens is 2. The molecule has 14 heteroatoms. The van der Waals surface area contributed by atoms with Gasteiger partial charge in [-0.2, -0.15) is 14.8 Å². The topological polar surface area (TPSA) is 181 Å². The van der Waals surface area contributed by atoms with E-state index in [4.69, 9.17) is 29.2 Å². The van der Waals surface area contributed by atoms with E-state index in [9.17, 15) is 13.2 Å². The number of carbonyl (C=O) groups is 1. The van der Waals surface area contributed by atoms with Gasteiger partial charge in [-0.1, -0.05) is 5.10 Å². The molecule has 0 spiro atoms. The van der Waals surface area contributed by atoms with Gasteiger partial charge in [0.25, 0.3) is 5.91 Å². The molecule has 0 aliphatic rings. The van der Waals surface area contributed by atoms with Gasteiger partial charge in [-0.05, 0) is 57.2 Å². The summed E-state index contributed by atoms with van der Waals surface area (Å²) in [7, 11) is -4.09. The monoisotopic (exact) mass is 554 g/mol. The summed E-state index contributed by atoms with van der Waals surface area (Å²) in [5.74, 6) is 0.778. The molecule has 0 aliphatic heterocycles. The van der Waals surface area contributed by atoms with Crippen molar-refractivity contribution in [2.75, 3.05) is 38.2 Å². The summed E-state index contributed by atoms with van der Waals surface area (Å²) in [6.07, 6.45) is 0. The summed E-state index contributed by atoms with van der Waals surface area (Å²) < 4.78 is 48.8. The van der Waals surface area contributed by atoms with Crippen molar-refractivity contribution < 1.29 is 31.8 Å². The fourth-order valence-corrected chi connectivity index (χ4v) is 4.62. The molecule has 3 rings (SSSR count). The summed E-state index contributed by atoms with van der Waals surface area (Å²) in [6.45, 7) is 5.72. The standard InChI is InChI=1S/C25H26N6O7S/c1-4-35-20-15-18(16-21(36-5-2)22(20)37-6-3)24-29-30-25(38-24)28-23(32)17-7-9-19(10-8-17)39(33,34)31(13-11-26)14-12-27/h7-10,15-16H,4-6,13-14H2,1-3H3,(H,28,30,32). The predicted octanol–water partition coefficient (Wildman–Crippen LogP) is 3.22. The third kappa shape index (κ3) is 6.81. The molecule has 39 heavy (non-hydrogen) atoms. The van der Waals surface area contributed by atoms with Crippen LogP contribution < -0.4 is 19.5 Å². The minimum absolute atomic E-state index is 0.0896. The number of nitrogens with zero attached hydrogens (tertiary/aromatic N) is 5. The van der Waals surface area contributed by atoms with Crippen LogP contribution in [-0.2, 0) is 10.0 Å². The van der Waals surface area contributed by atoms with Crippen LogP contribution in [0.25, 0.3) is 11.5 Å². The maximum absolute atomic E-state index is 12.7. The van der Waals surface area contributed by atoms with E-state index < -0.39 is 29.0 Å². The number of nitriles is 2. The van der Waals surface area contributed by atoms with Gasteiger partial charge in [0, 0.05) is 11.1 Å². The fourth-order valence-electron chi connectivity index (χ4n) is 3.38. The van der Waals surface area contributed by atoms with E-state index in [2.05, 4.69) is 15.5 Å². The van der Waals surface area contributed by atoms with Gasteiger partial charge in [0.15, 0.2) is 11.5 Å². The zero-order chi connectivity index (χ0) is 28.4. The molecule has 0 unspecified atom stereocenters. The molecule has 204 valence electrons. The Labute approximate surface area is 225 Å². The smallest absolute Gasteiger partial charge is 0.322 e. The normalized spacial score (nSPS) is 10.9. The van der Waals surface area contributed by atoms with E-state index in [1.54, 1.807) is 24.3 Å². The maximum Gasteiger partial charge on any atom is 0.322 e. The first-order chi connectivity index (χ1) is 18.8. The maximum atomic E-state index is 12.7. The van der Waals surface area contributed by atoms with Crippen LogP contribution in [0.2, 0.25) is 0 Å². The number of amides is 1. The summed E-state index contributed by atoms with van der Waals surface area (Å²) >= 11 is 0. The molecule has 0 radical (unpaired) electrons. The second-order valence-corrected chi connectivity index (χ2v) is 9.52. The van der Waals surface area contributed by atoms with E-state index in [0.29, 0.717) is 42.6 Å². The predicted molar refractivity (Wildman–Crippen MR) is 138 cm³/mol. The number of hydrogen-bond donors (Lipinski definition) is 1. The summed E-state index contributed by atoms with van der Waals surface area (Å²) in [4.78, 5) is 12.5. The van der Waals surface area contributed by atoms with E-state index >= 15 is 0 Å². The van der Waals surface area contributed by atoms with Crippen molar-refractivity contribution in [2.45, 2.75) is 25.7 Å². The average Bonchev–Trinajstić information content (AvgIpc) is 3.39. The summed E-state index contributed by atoms with van der Waals surface area (Å²) in [5.41, 5.74) is 0.589. The van der Waals surface area contributed by atoms with Crippen LogP contribution in [0, 0.1) is 22.7 Å². The van der Waals surface area contributed by atoms with Crippen LogP contribution in [0.4, 0.5) is 6.01 Å². The Kier molecular flexibility index (Phi) is 9.80. The second kappa shape index (κ2) is 13.2. The van der Waals surface area contributed by atoms with Crippen molar-refractivity contribution in [3.05, 3.63) is 42.0 Å². The van der Waals surface area contributed by atoms with Crippen LogP contribution in [0.3, 0.4) is 0 Å². The first-order valence-electron chi connectivity index (χ1n) is 11.8. The molecule has 2 aromatic carbocycles. The van der Waals surface area contributed by atoms with Gasteiger partial charge in [0.1, 0.15) is 13.1 Å². The van der Waals surface area contributed by atoms with E-state index in [-0.39, 0.29) is 22.4 Å². The Bertz CT molecular complexity index is 1450. The van der Waals surface area contributed by atoms with E-state index in [1.807, 2.05) is 20.8 Å². The number of rotatable bonds is 13. The lowest BCUT2D eigenvalue weighted by atomic mass is 10.2. The average molecular weight is 555 g/mol. The van der Waals surface area contributed by atoms with Gasteiger partial charge in [-0.25, -0.2) is 8.42 Å². The number of hydrogen-bond acceptors (Lipinski definition) is 11. The molecule has 0 atom stereocenters. The van der Waals surface area contributed by atoms with E-state index in [1.165, 1.54) is 24.3 Å². The molecule has 1 aromatic heterocycles.